The zero-order chi connectivity index (χ0) is 19.6. The first-order valence-corrected chi connectivity index (χ1v) is 8.08. The summed E-state index contributed by atoms with van der Waals surface area (Å²) in [6.45, 7) is 1.60. The van der Waals surface area contributed by atoms with E-state index in [9.17, 15) is 29.7 Å². The van der Waals surface area contributed by atoms with Gasteiger partial charge < -0.3 is 24.8 Å². The molecular formula is C19H14O8. The number of ketones is 2. The molecule has 1 aliphatic carbocycles. The topological polar surface area (TPSA) is 130 Å². The molecular weight excluding hydrogens is 356 g/mol. The summed E-state index contributed by atoms with van der Waals surface area (Å²) in [5.41, 5.74) is -1.73. The molecule has 138 valence electrons. The van der Waals surface area contributed by atoms with Gasteiger partial charge in [-0.2, -0.15) is 0 Å². The van der Waals surface area contributed by atoms with Crippen molar-refractivity contribution in [1.29, 1.82) is 0 Å². The van der Waals surface area contributed by atoms with E-state index >= 15 is 0 Å². The molecule has 2 aromatic carbocycles. The fourth-order valence-corrected chi connectivity index (χ4v) is 3.60. The van der Waals surface area contributed by atoms with E-state index in [-0.39, 0.29) is 34.4 Å². The third kappa shape index (κ3) is 2.13. The van der Waals surface area contributed by atoms with Crippen molar-refractivity contribution >= 4 is 17.5 Å². The quantitative estimate of drug-likeness (QED) is 0.436. The molecule has 0 saturated carbocycles. The number of hydrogen-bond donors (Lipinski definition) is 3. The monoisotopic (exact) mass is 370 g/mol. The zero-order valence-electron chi connectivity index (χ0n) is 14.3. The number of aromatic hydroxyl groups is 3. The molecule has 1 atom stereocenters. The Bertz CT molecular complexity index is 1070. The second-order valence-corrected chi connectivity index (χ2v) is 6.45. The molecule has 0 bridgehead atoms. The first-order valence-electron chi connectivity index (χ1n) is 8.08. The molecule has 0 spiro atoms. The molecule has 1 aliphatic heterocycles. The van der Waals surface area contributed by atoms with Crippen LogP contribution < -0.4 is 4.74 Å². The van der Waals surface area contributed by atoms with E-state index in [1.165, 1.54) is 13.2 Å². The van der Waals surface area contributed by atoms with Crippen LogP contribution in [-0.4, -0.2) is 46.1 Å². The number of carbonyl (C=O) groups is 3. The van der Waals surface area contributed by atoms with Crippen LogP contribution in [0.5, 0.6) is 23.0 Å². The summed E-state index contributed by atoms with van der Waals surface area (Å²) in [6, 6.07) is 2.42. The maximum Gasteiger partial charge on any atom is 0.342 e. The lowest BCUT2D eigenvalue weighted by atomic mass is 9.79. The number of phenols is 3. The molecule has 4 rings (SSSR count). The van der Waals surface area contributed by atoms with E-state index in [0.717, 1.165) is 6.07 Å². The first-order chi connectivity index (χ1) is 12.8. The number of phenolic OH excluding ortho intramolecular Hbond substituents is 3. The van der Waals surface area contributed by atoms with Crippen LogP contribution in [0.25, 0.3) is 0 Å². The Kier molecular flexibility index (Phi) is 3.42. The number of ether oxygens (including phenoxy) is 2. The van der Waals surface area contributed by atoms with Crippen LogP contribution in [0, 0.1) is 0 Å². The molecule has 0 saturated heterocycles. The molecule has 8 heteroatoms. The molecule has 2 aromatic rings. The van der Waals surface area contributed by atoms with Crippen LogP contribution in [-0.2, 0) is 11.2 Å². The Morgan fingerprint density at radius 3 is 2.30 bits per heavy atom. The second-order valence-electron chi connectivity index (χ2n) is 6.45. The van der Waals surface area contributed by atoms with Crippen molar-refractivity contribution in [1.82, 2.24) is 0 Å². The highest BCUT2D eigenvalue weighted by atomic mass is 16.5. The molecule has 2 aliphatic rings. The van der Waals surface area contributed by atoms with E-state index in [2.05, 4.69) is 0 Å². The zero-order valence-corrected chi connectivity index (χ0v) is 14.3. The largest absolute Gasteiger partial charge is 0.507 e. The lowest BCUT2D eigenvalue weighted by molar-refractivity contribution is 0.0293. The predicted octanol–water partition coefficient (Wildman–Crippen LogP) is 1.69. The van der Waals surface area contributed by atoms with Gasteiger partial charge in [-0.25, -0.2) is 4.79 Å². The van der Waals surface area contributed by atoms with E-state index in [4.69, 9.17) is 9.47 Å². The van der Waals surface area contributed by atoms with Crippen LogP contribution >= 0.6 is 0 Å². The van der Waals surface area contributed by atoms with Crippen LogP contribution in [0.1, 0.15) is 54.7 Å². The van der Waals surface area contributed by atoms with Gasteiger partial charge >= 0.3 is 5.97 Å². The van der Waals surface area contributed by atoms with Gasteiger partial charge in [0.25, 0.3) is 0 Å². The van der Waals surface area contributed by atoms with Crippen molar-refractivity contribution in [2.45, 2.75) is 19.4 Å². The SMILES string of the molecule is COc1cc(O)c2c(c1)C(=O)c1c(O)c3c(c(O)c1C2=O)C(=O)O[C@@H](C)C3. The van der Waals surface area contributed by atoms with Gasteiger partial charge in [0, 0.05) is 23.6 Å². The number of rotatable bonds is 1. The fraction of sp³-hybridized carbons (Fsp3) is 0.211. The first kappa shape index (κ1) is 16.9. The summed E-state index contributed by atoms with van der Waals surface area (Å²) in [7, 11) is 1.33. The smallest absolute Gasteiger partial charge is 0.342 e. The number of cyclic esters (lactones) is 1. The summed E-state index contributed by atoms with van der Waals surface area (Å²) in [4.78, 5) is 38.1. The molecule has 27 heavy (non-hydrogen) atoms. The molecule has 0 aromatic heterocycles. The van der Waals surface area contributed by atoms with Crippen LogP contribution in [0.3, 0.4) is 0 Å². The minimum atomic E-state index is -0.899. The van der Waals surface area contributed by atoms with Crippen molar-refractivity contribution in [2.75, 3.05) is 7.11 Å². The summed E-state index contributed by atoms with van der Waals surface area (Å²) in [5.74, 6) is -4.21. The van der Waals surface area contributed by atoms with Gasteiger partial charge in [-0.05, 0) is 13.0 Å². The van der Waals surface area contributed by atoms with Crippen molar-refractivity contribution in [2.24, 2.45) is 0 Å². The molecule has 0 fully saturated rings. The Hall–Kier alpha value is -3.55. The van der Waals surface area contributed by atoms with E-state index in [1.807, 2.05) is 0 Å². The third-order valence-electron chi connectivity index (χ3n) is 4.80. The van der Waals surface area contributed by atoms with Gasteiger partial charge in [0.2, 0.25) is 5.78 Å². The maximum absolute atomic E-state index is 13.0. The number of benzene rings is 2. The van der Waals surface area contributed by atoms with Gasteiger partial charge in [-0.15, -0.1) is 0 Å². The summed E-state index contributed by atoms with van der Waals surface area (Å²) >= 11 is 0. The number of esters is 1. The Morgan fingerprint density at radius 2 is 1.63 bits per heavy atom. The standard InChI is InChI=1S/C19H14O8/c1-6-3-8-12(19(25)27-6)18(24)14-13(15(8)21)16(22)9-4-7(26-2)5-10(20)11(9)17(14)23/h4-6,20-21,24H,3H2,1-2H3/t6-/m0/s1. The normalized spacial score (nSPS) is 17.7. The van der Waals surface area contributed by atoms with Gasteiger partial charge in [-0.3, -0.25) is 9.59 Å². The highest BCUT2D eigenvalue weighted by Crippen LogP contribution is 2.47. The molecule has 0 amide bonds. The molecule has 0 unspecified atom stereocenters. The third-order valence-corrected chi connectivity index (χ3v) is 4.80. The lowest BCUT2D eigenvalue weighted by Gasteiger charge is -2.28. The van der Waals surface area contributed by atoms with Gasteiger partial charge in [0.15, 0.2) is 5.78 Å². The number of carbonyl (C=O) groups excluding carboxylic acids is 3. The van der Waals surface area contributed by atoms with Gasteiger partial charge in [0.1, 0.15) is 34.7 Å². The lowest BCUT2D eigenvalue weighted by Crippen LogP contribution is -2.29. The minimum absolute atomic E-state index is 0.0479. The van der Waals surface area contributed by atoms with E-state index in [0.29, 0.717) is 0 Å². The Labute approximate surface area is 152 Å². The maximum atomic E-state index is 13.0. The average Bonchev–Trinajstić information content (AvgIpc) is 2.61. The summed E-state index contributed by atoms with van der Waals surface area (Å²) < 4.78 is 10.1. The number of methoxy groups -OCH3 is 1. The number of fused-ring (bicyclic) bond motifs is 3. The fourth-order valence-electron chi connectivity index (χ4n) is 3.60. The van der Waals surface area contributed by atoms with Crippen LogP contribution in [0.2, 0.25) is 0 Å². The van der Waals surface area contributed by atoms with Crippen LogP contribution in [0.15, 0.2) is 12.1 Å². The van der Waals surface area contributed by atoms with Crippen molar-refractivity contribution in [3.63, 3.8) is 0 Å². The molecule has 8 nitrogen and oxygen atoms in total. The summed E-state index contributed by atoms with van der Waals surface area (Å²) in [6.07, 6.45) is -0.495. The number of hydrogen-bond acceptors (Lipinski definition) is 8. The average molecular weight is 370 g/mol. The van der Waals surface area contributed by atoms with Crippen molar-refractivity contribution < 1.29 is 39.2 Å². The van der Waals surface area contributed by atoms with Crippen LogP contribution in [0.4, 0.5) is 0 Å². The Balaban J connectivity index is 2.07. The predicted molar refractivity (Wildman–Crippen MR) is 89.9 cm³/mol. The highest BCUT2D eigenvalue weighted by molar-refractivity contribution is 6.32. The van der Waals surface area contributed by atoms with Gasteiger partial charge in [-0.1, -0.05) is 0 Å². The van der Waals surface area contributed by atoms with E-state index in [1.54, 1.807) is 6.92 Å². The van der Waals surface area contributed by atoms with Crippen molar-refractivity contribution in [3.05, 3.63) is 45.5 Å². The minimum Gasteiger partial charge on any atom is -0.507 e. The highest BCUT2D eigenvalue weighted by Gasteiger charge is 2.42. The molecule has 1 heterocycles. The van der Waals surface area contributed by atoms with E-state index < -0.39 is 52.0 Å². The van der Waals surface area contributed by atoms with Crippen molar-refractivity contribution in [3.8, 4) is 23.0 Å². The molecule has 3 N–H and O–H groups in total. The summed E-state index contributed by atoms with van der Waals surface area (Å²) in [5, 5.41) is 31.4. The Morgan fingerprint density at radius 1 is 0.963 bits per heavy atom. The second kappa shape index (κ2) is 5.47. The van der Waals surface area contributed by atoms with Gasteiger partial charge in [0.05, 0.1) is 23.8 Å². The molecule has 0 radical (unpaired) electrons.